The van der Waals surface area contributed by atoms with Crippen molar-refractivity contribution in [3.05, 3.63) is 59.4 Å². The van der Waals surface area contributed by atoms with Crippen LogP contribution in [0.2, 0.25) is 0 Å². The number of anilines is 1. The number of hydrogen-bond donors (Lipinski definition) is 1. The van der Waals surface area contributed by atoms with Gasteiger partial charge in [0.15, 0.2) is 0 Å². The number of rotatable bonds is 3. The number of sulfonamides is 1. The first kappa shape index (κ1) is 19.3. The number of nitrogens with two attached hydrogens (primary N) is 1. The van der Waals surface area contributed by atoms with Crippen molar-refractivity contribution >= 4 is 21.6 Å². The molecule has 0 aliphatic carbocycles. The summed E-state index contributed by atoms with van der Waals surface area (Å²) >= 11 is 0. The second-order valence-corrected chi connectivity index (χ2v) is 8.52. The maximum Gasteiger partial charge on any atom is 0.254 e. The first-order valence-corrected chi connectivity index (χ1v) is 10.1. The highest BCUT2D eigenvalue weighted by atomic mass is 32.2. The summed E-state index contributed by atoms with van der Waals surface area (Å²) < 4.78 is 40.0. The second-order valence-electron chi connectivity index (χ2n) is 6.58. The zero-order valence-corrected chi connectivity index (χ0v) is 15.9. The van der Waals surface area contributed by atoms with E-state index < -0.39 is 15.8 Å². The third-order valence-electron chi connectivity index (χ3n) is 4.69. The topological polar surface area (TPSA) is 83.7 Å². The molecule has 27 heavy (non-hydrogen) atoms. The van der Waals surface area contributed by atoms with Crippen LogP contribution in [-0.2, 0) is 10.0 Å². The van der Waals surface area contributed by atoms with Crippen LogP contribution in [0.25, 0.3) is 0 Å². The SMILES string of the molecule is Cc1ccc(N)cc1C(=O)N1CCCN(S(=O)(=O)c2ccc(F)cc2)CC1. The molecule has 2 aromatic rings. The number of aryl methyl sites for hydroxylation is 1. The summed E-state index contributed by atoms with van der Waals surface area (Å²) in [7, 11) is -3.72. The predicted octanol–water partition coefficient (Wildman–Crippen LogP) is 2.25. The summed E-state index contributed by atoms with van der Waals surface area (Å²) in [6, 6.07) is 9.96. The molecule has 1 heterocycles. The van der Waals surface area contributed by atoms with Crippen molar-refractivity contribution < 1.29 is 17.6 Å². The first-order valence-electron chi connectivity index (χ1n) is 8.70. The van der Waals surface area contributed by atoms with Gasteiger partial charge in [-0.1, -0.05) is 6.07 Å². The Labute approximate surface area is 158 Å². The summed E-state index contributed by atoms with van der Waals surface area (Å²) in [5.74, 6) is -0.639. The predicted molar refractivity (Wildman–Crippen MR) is 101 cm³/mol. The van der Waals surface area contributed by atoms with Crippen LogP contribution in [0.4, 0.5) is 10.1 Å². The molecule has 0 atom stereocenters. The fraction of sp³-hybridized carbons (Fsp3) is 0.316. The van der Waals surface area contributed by atoms with Crippen molar-refractivity contribution in [2.75, 3.05) is 31.9 Å². The van der Waals surface area contributed by atoms with Crippen molar-refractivity contribution in [1.29, 1.82) is 0 Å². The lowest BCUT2D eigenvalue weighted by atomic mass is 10.1. The van der Waals surface area contributed by atoms with Crippen LogP contribution in [0.5, 0.6) is 0 Å². The minimum absolute atomic E-state index is 0.0513. The largest absolute Gasteiger partial charge is 0.399 e. The lowest BCUT2D eigenvalue weighted by Crippen LogP contribution is -2.37. The maximum atomic E-state index is 13.1. The second kappa shape index (κ2) is 7.66. The van der Waals surface area contributed by atoms with Crippen molar-refractivity contribution in [2.45, 2.75) is 18.2 Å². The van der Waals surface area contributed by atoms with Crippen LogP contribution < -0.4 is 5.73 Å². The Morgan fingerprint density at radius 1 is 1.04 bits per heavy atom. The number of amides is 1. The van der Waals surface area contributed by atoms with E-state index in [4.69, 9.17) is 5.73 Å². The van der Waals surface area contributed by atoms with Gasteiger partial charge in [0.25, 0.3) is 5.91 Å². The van der Waals surface area contributed by atoms with Gasteiger partial charge in [0, 0.05) is 37.4 Å². The van der Waals surface area contributed by atoms with E-state index >= 15 is 0 Å². The molecular formula is C19H22FN3O3S. The minimum Gasteiger partial charge on any atom is -0.399 e. The molecule has 8 heteroatoms. The number of nitrogens with zero attached hydrogens (tertiary/aromatic N) is 2. The maximum absolute atomic E-state index is 13.1. The van der Waals surface area contributed by atoms with Crippen LogP contribution in [0.1, 0.15) is 22.3 Å². The van der Waals surface area contributed by atoms with E-state index in [1.807, 2.05) is 6.92 Å². The third kappa shape index (κ3) is 4.12. The molecule has 0 aromatic heterocycles. The Hall–Kier alpha value is -2.45. The minimum atomic E-state index is -3.72. The molecule has 144 valence electrons. The van der Waals surface area contributed by atoms with Gasteiger partial charge in [-0.25, -0.2) is 12.8 Å². The fourth-order valence-corrected chi connectivity index (χ4v) is 4.60. The standard InChI is InChI=1S/C19H22FN3O3S/c1-14-3-6-16(21)13-18(14)19(24)22-9-2-10-23(12-11-22)27(25,26)17-7-4-15(20)5-8-17/h3-8,13H,2,9-12,21H2,1H3. The number of nitrogen functional groups attached to an aromatic ring is 1. The molecule has 1 aliphatic rings. The van der Waals surface area contributed by atoms with Gasteiger partial charge in [0.2, 0.25) is 10.0 Å². The number of carbonyl (C=O) groups is 1. The van der Waals surface area contributed by atoms with Gasteiger partial charge < -0.3 is 10.6 Å². The highest BCUT2D eigenvalue weighted by Crippen LogP contribution is 2.20. The molecule has 0 bridgehead atoms. The summed E-state index contributed by atoms with van der Waals surface area (Å²) in [5.41, 5.74) is 7.67. The highest BCUT2D eigenvalue weighted by molar-refractivity contribution is 7.89. The smallest absolute Gasteiger partial charge is 0.254 e. The summed E-state index contributed by atoms with van der Waals surface area (Å²) in [6.45, 7) is 3.08. The van der Waals surface area contributed by atoms with E-state index in [0.29, 0.717) is 30.8 Å². The van der Waals surface area contributed by atoms with Crippen molar-refractivity contribution in [3.8, 4) is 0 Å². The van der Waals surface area contributed by atoms with Crippen LogP contribution in [0.3, 0.4) is 0 Å². The molecule has 2 N–H and O–H groups in total. The molecule has 6 nitrogen and oxygen atoms in total. The van der Waals surface area contributed by atoms with E-state index in [1.165, 1.54) is 16.4 Å². The van der Waals surface area contributed by atoms with Gasteiger partial charge >= 0.3 is 0 Å². The van der Waals surface area contributed by atoms with E-state index in [0.717, 1.165) is 17.7 Å². The lowest BCUT2D eigenvalue weighted by Gasteiger charge is -2.22. The Morgan fingerprint density at radius 2 is 1.74 bits per heavy atom. The zero-order valence-electron chi connectivity index (χ0n) is 15.1. The van der Waals surface area contributed by atoms with Crippen LogP contribution in [0.15, 0.2) is 47.4 Å². The molecule has 1 amide bonds. The number of carbonyl (C=O) groups excluding carboxylic acids is 1. The fourth-order valence-electron chi connectivity index (χ4n) is 3.13. The van der Waals surface area contributed by atoms with Crippen LogP contribution >= 0.6 is 0 Å². The van der Waals surface area contributed by atoms with Gasteiger partial charge in [-0.05, 0) is 55.3 Å². The average Bonchev–Trinajstić information content (AvgIpc) is 2.90. The van der Waals surface area contributed by atoms with Crippen LogP contribution in [-0.4, -0.2) is 49.7 Å². The lowest BCUT2D eigenvalue weighted by molar-refractivity contribution is 0.0763. The van der Waals surface area contributed by atoms with Crippen molar-refractivity contribution in [3.63, 3.8) is 0 Å². The third-order valence-corrected chi connectivity index (χ3v) is 6.60. The Morgan fingerprint density at radius 3 is 2.44 bits per heavy atom. The van der Waals surface area contributed by atoms with E-state index in [-0.39, 0.29) is 23.9 Å². The Balaban J connectivity index is 1.76. The van der Waals surface area contributed by atoms with Crippen molar-refractivity contribution in [1.82, 2.24) is 9.21 Å². The molecule has 1 fully saturated rings. The van der Waals surface area contributed by atoms with Gasteiger partial charge in [0.05, 0.1) is 4.90 Å². The number of benzene rings is 2. The molecule has 0 radical (unpaired) electrons. The van der Waals surface area contributed by atoms with E-state index in [1.54, 1.807) is 23.1 Å². The van der Waals surface area contributed by atoms with Crippen molar-refractivity contribution in [2.24, 2.45) is 0 Å². The molecule has 0 saturated carbocycles. The molecular weight excluding hydrogens is 369 g/mol. The van der Waals surface area contributed by atoms with Gasteiger partial charge in [-0.2, -0.15) is 4.31 Å². The summed E-state index contributed by atoms with van der Waals surface area (Å²) in [6.07, 6.45) is 0.521. The Kier molecular flexibility index (Phi) is 5.48. The quantitative estimate of drug-likeness (QED) is 0.814. The van der Waals surface area contributed by atoms with Gasteiger partial charge in [-0.3, -0.25) is 4.79 Å². The first-order chi connectivity index (χ1) is 12.8. The monoisotopic (exact) mass is 391 g/mol. The summed E-state index contributed by atoms with van der Waals surface area (Å²) in [4.78, 5) is 14.6. The number of hydrogen-bond acceptors (Lipinski definition) is 4. The van der Waals surface area contributed by atoms with Gasteiger partial charge in [0.1, 0.15) is 5.82 Å². The van der Waals surface area contributed by atoms with E-state index in [2.05, 4.69) is 0 Å². The summed E-state index contributed by atoms with van der Waals surface area (Å²) in [5, 5.41) is 0. The molecule has 2 aromatic carbocycles. The average molecular weight is 391 g/mol. The zero-order chi connectivity index (χ0) is 19.6. The highest BCUT2D eigenvalue weighted by Gasteiger charge is 2.29. The molecule has 0 unspecified atom stereocenters. The molecule has 0 spiro atoms. The molecule has 1 aliphatic heterocycles. The van der Waals surface area contributed by atoms with Gasteiger partial charge in [-0.15, -0.1) is 0 Å². The van der Waals surface area contributed by atoms with E-state index in [9.17, 15) is 17.6 Å². The number of halogens is 1. The molecule has 3 rings (SSSR count). The Bertz CT molecular complexity index is 945. The normalized spacial score (nSPS) is 16.1. The van der Waals surface area contributed by atoms with Crippen LogP contribution in [0, 0.1) is 12.7 Å². The molecule has 1 saturated heterocycles.